The highest BCUT2D eigenvalue weighted by atomic mass is 16.5. The number of nitrogens with zero attached hydrogens (tertiary/aromatic N) is 1. The summed E-state index contributed by atoms with van der Waals surface area (Å²) in [6, 6.07) is 7.44. The van der Waals surface area contributed by atoms with Crippen molar-refractivity contribution >= 4 is 22.8 Å². The maximum Gasteiger partial charge on any atom is 0.244 e. The molecule has 26 heavy (non-hydrogen) atoms. The number of nitrogens with one attached hydrogen (secondary N) is 3. The SMILES string of the molecule is CCCC[C@H](CC(=O)NO)C(=O)N[C@H](c1nc2ccccc2[nH]1)C(C)C. The van der Waals surface area contributed by atoms with Gasteiger partial charge in [-0.1, -0.05) is 45.7 Å². The third-order valence-corrected chi connectivity index (χ3v) is 4.50. The minimum absolute atomic E-state index is 0.0344. The normalized spacial score (nSPS) is 13.6. The third kappa shape index (κ3) is 5.05. The molecule has 0 spiro atoms. The number of para-hydroxylation sites is 2. The van der Waals surface area contributed by atoms with Crippen molar-refractivity contribution in [1.82, 2.24) is 20.8 Å². The molecule has 7 nitrogen and oxygen atoms in total. The van der Waals surface area contributed by atoms with E-state index < -0.39 is 11.8 Å². The average molecular weight is 360 g/mol. The Morgan fingerprint density at radius 3 is 2.62 bits per heavy atom. The van der Waals surface area contributed by atoms with E-state index in [9.17, 15) is 9.59 Å². The smallest absolute Gasteiger partial charge is 0.244 e. The van der Waals surface area contributed by atoms with E-state index in [1.54, 1.807) is 5.48 Å². The quantitative estimate of drug-likeness (QED) is 0.407. The second-order valence-corrected chi connectivity index (χ2v) is 6.95. The summed E-state index contributed by atoms with van der Waals surface area (Å²) in [4.78, 5) is 32.2. The topological polar surface area (TPSA) is 107 Å². The number of benzene rings is 1. The number of unbranched alkanes of at least 4 members (excludes halogenated alkanes) is 1. The Bertz CT molecular complexity index is 708. The molecule has 0 fully saturated rings. The molecule has 0 saturated heterocycles. The number of carbonyl (C=O) groups excluding carboxylic acids is 2. The van der Waals surface area contributed by atoms with Crippen LogP contribution in [0.2, 0.25) is 0 Å². The van der Waals surface area contributed by atoms with Gasteiger partial charge < -0.3 is 10.3 Å². The second kappa shape index (κ2) is 9.33. The van der Waals surface area contributed by atoms with Crippen LogP contribution in [0.4, 0.5) is 0 Å². The summed E-state index contributed by atoms with van der Waals surface area (Å²) in [5.74, 6) is -0.395. The summed E-state index contributed by atoms with van der Waals surface area (Å²) >= 11 is 0. The van der Waals surface area contributed by atoms with Gasteiger partial charge in [-0.25, -0.2) is 10.5 Å². The highest BCUT2D eigenvalue weighted by molar-refractivity contribution is 5.85. The molecule has 1 aromatic heterocycles. The van der Waals surface area contributed by atoms with Gasteiger partial charge in [0.1, 0.15) is 5.82 Å². The summed E-state index contributed by atoms with van der Waals surface area (Å²) in [6.45, 7) is 6.06. The summed E-state index contributed by atoms with van der Waals surface area (Å²) in [7, 11) is 0. The van der Waals surface area contributed by atoms with Crippen LogP contribution in [0.1, 0.15) is 58.3 Å². The maximum absolute atomic E-state index is 12.8. The molecule has 2 aromatic rings. The van der Waals surface area contributed by atoms with Crippen molar-refractivity contribution in [3.63, 3.8) is 0 Å². The van der Waals surface area contributed by atoms with Crippen LogP contribution in [0.5, 0.6) is 0 Å². The Hall–Kier alpha value is -2.41. The Balaban J connectivity index is 2.18. The van der Waals surface area contributed by atoms with Gasteiger partial charge in [0.05, 0.1) is 17.1 Å². The first kappa shape index (κ1) is 19.9. The number of H-pyrrole nitrogens is 1. The molecule has 0 unspecified atom stereocenters. The van der Waals surface area contributed by atoms with E-state index in [4.69, 9.17) is 5.21 Å². The fraction of sp³-hybridized carbons (Fsp3) is 0.526. The van der Waals surface area contributed by atoms with Gasteiger partial charge in [0.2, 0.25) is 11.8 Å². The van der Waals surface area contributed by atoms with Gasteiger partial charge in [-0.3, -0.25) is 14.8 Å². The Labute approximate surface area is 153 Å². The molecule has 0 aliphatic rings. The molecule has 142 valence electrons. The Morgan fingerprint density at radius 2 is 2.00 bits per heavy atom. The molecule has 2 amide bonds. The van der Waals surface area contributed by atoms with Gasteiger partial charge in [-0.05, 0) is 24.5 Å². The van der Waals surface area contributed by atoms with E-state index in [2.05, 4.69) is 15.3 Å². The number of hydroxylamine groups is 1. The highest BCUT2D eigenvalue weighted by Gasteiger charge is 2.27. The lowest BCUT2D eigenvalue weighted by molar-refractivity contribution is -0.135. The third-order valence-electron chi connectivity index (χ3n) is 4.50. The number of aromatic nitrogens is 2. The second-order valence-electron chi connectivity index (χ2n) is 6.95. The first-order valence-corrected chi connectivity index (χ1v) is 9.14. The lowest BCUT2D eigenvalue weighted by Crippen LogP contribution is -2.38. The molecule has 4 N–H and O–H groups in total. The molecule has 0 saturated carbocycles. The fourth-order valence-corrected chi connectivity index (χ4v) is 2.99. The van der Waals surface area contributed by atoms with E-state index in [1.165, 1.54) is 0 Å². The van der Waals surface area contributed by atoms with Gasteiger partial charge in [-0.15, -0.1) is 0 Å². The lowest BCUT2D eigenvalue weighted by Gasteiger charge is -2.23. The van der Waals surface area contributed by atoms with E-state index in [0.29, 0.717) is 12.2 Å². The van der Waals surface area contributed by atoms with Crippen molar-refractivity contribution in [1.29, 1.82) is 0 Å². The van der Waals surface area contributed by atoms with Gasteiger partial charge in [0.25, 0.3) is 0 Å². The predicted octanol–water partition coefficient (Wildman–Crippen LogP) is 3.08. The molecule has 0 aliphatic heterocycles. The minimum atomic E-state index is -0.550. The number of amides is 2. The van der Waals surface area contributed by atoms with Crippen molar-refractivity contribution in [3.05, 3.63) is 30.1 Å². The molecular formula is C19H28N4O3. The standard InChI is InChI=1S/C19H28N4O3/c1-4-5-8-13(11-16(24)23-26)19(25)22-17(12(2)3)18-20-14-9-6-7-10-15(14)21-18/h6-7,9-10,12-13,17,26H,4-5,8,11H2,1-3H3,(H,20,21)(H,22,25)(H,23,24)/t13-,17+/m1/s1. The van der Waals surface area contributed by atoms with E-state index in [-0.39, 0.29) is 24.3 Å². The monoisotopic (exact) mass is 360 g/mol. The molecule has 0 radical (unpaired) electrons. The van der Waals surface area contributed by atoms with Crippen LogP contribution in [0, 0.1) is 11.8 Å². The van der Waals surface area contributed by atoms with Crippen LogP contribution in [0.3, 0.4) is 0 Å². The van der Waals surface area contributed by atoms with Crippen molar-refractivity contribution in [2.24, 2.45) is 11.8 Å². The number of aromatic amines is 1. The van der Waals surface area contributed by atoms with E-state index in [0.717, 1.165) is 23.9 Å². The molecule has 1 aromatic carbocycles. The van der Waals surface area contributed by atoms with Crippen molar-refractivity contribution < 1.29 is 14.8 Å². The molecule has 0 bridgehead atoms. The van der Waals surface area contributed by atoms with Crippen LogP contribution >= 0.6 is 0 Å². The molecule has 0 aliphatic carbocycles. The first-order valence-electron chi connectivity index (χ1n) is 9.14. The minimum Gasteiger partial charge on any atom is -0.346 e. The highest BCUT2D eigenvalue weighted by Crippen LogP contribution is 2.24. The van der Waals surface area contributed by atoms with Crippen LogP contribution in [0.25, 0.3) is 11.0 Å². The van der Waals surface area contributed by atoms with Crippen molar-refractivity contribution in [3.8, 4) is 0 Å². The lowest BCUT2D eigenvalue weighted by atomic mass is 9.95. The number of imidazole rings is 1. The Kier molecular flexibility index (Phi) is 7.15. The zero-order chi connectivity index (χ0) is 19.1. The first-order chi connectivity index (χ1) is 12.5. The van der Waals surface area contributed by atoms with E-state index >= 15 is 0 Å². The molecular weight excluding hydrogens is 332 g/mol. The summed E-state index contributed by atoms with van der Waals surface area (Å²) in [5, 5.41) is 11.8. The van der Waals surface area contributed by atoms with Gasteiger partial charge in [0, 0.05) is 12.3 Å². The summed E-state index contributed by atoms with van der Waals surface area (Å²) in [6.07, 6.45) is 2.34. The average Bonchev–Trinajstić information content (AvgIpc) is 3.05. The van der Waals surface area contributed by atoms with Gasteiger partial charge in [0.15, 0.2) is 0 Å². The largest absolute Gasteiger partial charge is 0.346 e. The van der Waals surface area contributed by atoms with Crippen molar-refractivity contribution in [2.75, 3.05) is 0 Å². The van der Waals surface area contributed by atoms with E-state index in [1.807, 2.05) is 45.0 Å². The number of hydrogen-bond acceptors (Lipinski definition) is 4. The number of hydrogen-bond donors (Lipinski definition) is 4. The van der Waals surface area contributed by atoms with Gasteiger partial charge in [-0.2, -0.15) is 0 Å². The molecule has 2 atom stereocenters. The maximum atomic E-state index is 12.8. The Morgan fingerprint density at radius 1 is 1.27 bits per heavy atom. The zero-order valence-corrected chi connectivity index (χ0v) is 15.6. The molecule has 7 heteroatoms. The number of rotatable bonds is 9. The predicted molar refractivity (Wildman–Crippen MR) is 99.4 cm³/mol. The van der Waals surface area contributed by atoms with Crippen molar-refractivity contribution in [2.45, 2.75) is 52.5 Å². The number of carbonyl (C=O) groups is 2. The number of fused-ring (bicyclic) bond motifs is 1. The molecule has 2 rings (SSSR count). The molecule has 1 heterocycles. The van der Waals surface area contributed by atoms with Gasteiger partial charge >= 0.3 is 0 Å². The summed E-state index contributed by atoms with van der Waals surface area (Å²) < 4.78 is 0. The fourth-order valence-electron chi connectivity index (χ4n) is 2.99. The van der Waals surface area contributed by atoms with Crippen LogP contribution < -0.4 is 10.8 Å². The summed E-state index contributed by atoms with van der Waals surface area (Å²) in [5.41, 5.74) is 3.39. The zero-order valence-electron chi connectivity index (χ0n) is 15.6. The van der Waals surface area contributed by atoms with Crippen LogP contribution in [0.15, 0.2) is 24.3 Å². The van der Waals surface area contributed by atoms with Crippen LogP contribution in [-0.4, -0.2) is 27.0 Å². The van der Waals surface area contributed by atoms with Crippen LogP contribution in [-0.2, 0) is 9.59 Å².